The van der Waals surface area contributed by atoms with Gasteiger partial charge in [-0.3, -0.25) is 9.52 Å². The fraction of sp³-hybridized carbons (Fsp3) is 0.0455. The number of carbonyl (C=O) groups is 2. The van der Waals surface area contributed by atoms with Gasteiger partial charge in [-0.1, -0.05) is 12.1 Å². The van der Waals surface area contributed by atoms with Crippen LogP contribution in [0.5, 0.6) is 5.75 Å². The molecule has 0 fully saturated rings. The molecule has 4 aromatic rings. The smallest absolute Gasteiger partial charge is 0.329 e. The molecule has 156 valence electrons. The van der Waals surface area contributed by atoms with E-state index in [2.05, 4.69) is 31.0 Å². The highest BCUT2D eigenvalue weighted by molar-refractivity contribution is 9.10. The van der Waals surface area contributed by atoms with Crippen molar-refractivity contribution in [3.8, 4) is 17.2 Å². The first kappa shape index (κ1) is 21.0. The number of ether oxygens (including phenoxy) is 1. The number of benzene rings is 3. The summed E-state index contributed by atoms with van der Waals surface area (Å²) in [5.74, 6) is 1.12. The lowest BCUT2D eigenvalue weighted by Crippen LogP contribution is -2.24. The van der Waals surface area contributed by atoms with E-state index in [1.807, 2.05) is 24.3 Å². The number of hydrogen-bond acceptors (Lipinski definition) is 6. The van der Waals surface area contributed by atoms with Gasteiger partial charge in [-0.25, -0.2) is 9.78 Å². The molecule has 2 N–H and O–H groups in total. The molecule has 0 bridgehead atoms. The van der Waals surface area contributed by atoms with Gasteiger partial charge in [-0.2, -0.15) is 0 Å². The molecule has 0 aliphatic heterocycles. The minimum absolute atomic E-state index is 0.301. The Hall–Kier alpha value is -3.30. The zero-order valence-electron chi connectivity index (χ0n) is 16.2. The minimum atomic E-state index is -0.513. The lowest BCUT2D eigenvalue weighted by Gasteiger charge is -2.08. The summed E-state index contributed by atoms with van der Waals surface area (Å²) in [4.78, 5) is 28.9. The topological polar surface area (TPSA) is 93.5 Å². The Morgan fingerprint density at radius 1 is 1.06 bits per heavy atom. The van der Waals surface area contributed by atoms with E-state index >= 15 is 0 Å². The monoisotopic (exact) mass is 497 g/mol. The quantitative estimate of drug-likeness (QED) is 0.342. The van der Waals surface area contributed by atoms with E-state index in [9.17, 15) is 9.59 Å². The molecule has 0 aliphatic carbocycles. The molecule has 0 radical (unpaired) electrons. The Bertz CT molecular complexity index is 1220. The number of hydrogen-bond donors (Lipinski definition) is 2. The second kappa shape index (κ2) is 9.23. The first-order valence-electron chi connectivity index (χ1n) is 9.11. The third kappa shape index (κ3) is 4.89. The molecule has 1 aromatic heterocycles. The number of nitrogens with zero attached hydrogens (tertiary/aromatic N) is 1. The number of halogens is 1. The number of anilines is 1. The van der Waals surface area contributed by atoms with Crippen LogP contribution >= 0.6 is 27.9 Å². The van der Waals surface area contributed by atoms with Crippen molar-refractivity contribution in [1.29, 1.82) is 0 Å². The lowest BCUT2D eigenvalue weighted by atomic mass is 10.2. The van der Waals surface area contributed by atoms with Crippen LogP contribution in [-0.4, -0.2) is 23.2 Å². The maximum Gasteiger partial charge on any atom is 0.329 e. The van der Waals surface area contributed by atoms with Gasteiger partial charge >= 0.3 is 6.03 Å². The van der Waals surface area contributed by atoms with Crippen molar-refractivity contribution in [2.75, 3.05) is 12.4 Å². The van der Waals surface area contributed by atoms with Crippen LogP contribution in [0.3, 0.4) is 0 Å². The number of urea groups is 1. The number of nitrogens with one attached hydrogen (secondary N) is 2. The maximum absolute atomic E-state index is 12.3. The fourth-order valence-corrected chi connectivity index (χ4v) is 3.82. The van der Waals surface area contributed by atoms with Gasteiger partial charge in [0.1, 0.15) is 11.3 Å². The molecule has 0 atom stereocenters. The predicted octanol–water partition coefficient (Wildman–Crippen LogP) is 5.88. The predicted molar refractivity (Wildman–Crippen MR) is 124 cm³/mol. The lowest BCUT2D eigenvalue weighted by molar-refractivity contribution is 0.108. The highest BCUT2D eigenvalue weighted by Crippen LogP contribution is 2.27. The second-order valence-electron chi connectivity index (χ2n) is 6.36. The average Bonchev–Trinajstić information content (AvgIpc) is 3.22. The number of carbonyl (C=O) groups excluding carboxylic acids is 2. The normalized spacial score (nSPS) is 10.6. The van der Waals surface area contributed by atoms with Crippen molar-refractivity contribution >= 4 is 55.8 Å². The van der Waals surface area contributed by atoms with Crippen LogP contribution in [0.25, 0.3) is 22.6 Å². The molecule has 3 aromatic carbocycles. The van der Waals surface area contributed by atoms with Gasteiger partial charge in [0.25, 0.3) is 0 Å². The van der Waals surface area contributed by atoms with Crippen LogP contribution in [0.15, 0.2) is 75.6 Å². The number of rotatable bonds is 4. The van der Waals surface area contributed by atoms with E-state index in [1.54, 1.807) is 49.6 Å². The third-order valence-corrected chi connectivity index (χ3v) is 5.64. The van der Waals surface area contributed by atoms with Crippen LogP contribution in [0.1, 0.15) is 10.4 Å². The molecule has 31 heavy (non-hydrogen) atoms. The van der Waals surface area contributed by atoms with Gasteiger partial charge in [0.2, 0.25) is 11.0 Å². The van der Waals surface area contributed by atoms with Crippen molar-refractivity contribution in [2.24, 2.45) is 0 Å². The van der Waals surface area contributed by atoms with Crippen molar-refractivity contribution in [3.05, 3.63) is 76.8 Å². The summed E-state index contributed by atoms with van der Waals surface area (Å²) >= 11 is 4.03. The Balaban J connectivity index is 1.34. The van der Waals surface area contributed by atoms with Crippen molar-refractivity contribution < 1.29 is 18.7 Å². The van der Waals surface area contributed by atoms with Gasteiger partial charge in [0, 0.05) is 28.8 Å². The van der Waals surface area contributed by atoms with Crippen LogP contribution < -0.4 is 14.8 Å². The van der Waals surface area contributed by atoms with Crippen molar-refractivity contribution in [1.82, 2.24) is 9.71 Å². The van der Waals surface area contributed by atoms with E-state index in [4.69, 9.17) is 9.15 Å². The van der Waals surface area contributed by atoms with Gasteiger partial charge in [0.15, 0.2) is 5.58 Å². The molecule has 0 aliphatic rings. The Labute approximate surface area is 190 Å². The molecular formula is C22H16BrN3O4S. The molecule has 1 heterocycles. The number of aromatic nitrogens is 1. The minimum Gasteiger partial charge on any atom is -0.496 e. The largest absolute Gasteiger partial charge is 0.496 e. The standard InChI is InChI=1S/C22H16BrN3O4S/c1-29-18-11-8-14(12-16(18)23)21(27)31-26-22(28)24-15-9-6-13(7-10-15)20-25-17-4-2-3-5-19(17)30-20/h2-12H,1H3,(H2,24,26,28). The Kier molecular flexibility index (Phi) is 6.24. The molecule has 0 saturated carbocycles. The van der Waals surface area contributed by atoms with Crippen LogP contribution in [0, 0.1) is 0 Å². The molecule has 7 nitrogen and oxygen atoms in total. The number of amides is 2. The van der Waals surface area contributed by atoms with E-state index in [0.29, 0.717) is 44.9 Å². The molecule has 2 amide bonds. The molecule has 4 rings (SSSR count). The number of methoxy groups -OCH3 is 1. The summed E-state index contributed by atoms with van der Waals surface area (Å²) in [6.45, 7) is 0. The zero-order chi connectivity index (χ0) is 21.8. The highest BCUT2D eigenvalue weighted by Gasteiger charge is 2.13. The summed E-state index contributed by atoms with van der Waals surface area (Å²) in [7, 11) is 1.54. The van der Waals surface area contributed by atoms with Crippen LogP contribution in [0.4, 0.5) is 10.5 Å². The molecule has 0 saturated heterocycles. The van der Waals surface area contributed by atoms with Gasteiger partial charge < -0.3 is 14.5 Å². The summed E-state index contributed by atoms with van der Waals surface area (Å²) in [5.41, 5.74) is 3.28. The van der Waals surface area contributed by atoms with Crippen molar-refractivity contribution in [3.63, 3.8) is 0 Å². The summed E-state index contributed by atoms with van der Waals surface area (Å²) in [6, 6.07) is 19.0. The first-order valence-corrected chi connectivity index (χ1v) is 10.7. The first-order chi connectivity index (χ1) is 15.0. The van der Waals surface area contributed by atoms with Crippen LogP contribution in [0.2, 0.25) is 0 Å². The van der Waals surface area contributed by atoms with E-state index in [-0.39, 0.29) is 5.12 Å². The van der Waals surface area contributed by atoms with Crippen molar-refractivity contribution in [2.45, 2.75) is 0 Å². The van der Waals surface area contributed by atoms with E-state index < -0.39 is 6.03 Å². The molecule has 0 unspecified atom stereocenters. The zero-order valence-corrected chi connectivity index (χ0v) is 18.6. The summed E-state index contributed by atoms with van der Waals surface area (Å²) in [5, 5.41) is 2.38. The second-order valence-corrected chi connectivity index (χ2v) is 7.99. The average molecular weight is 498 g/mol. The summed E-state index contributed by atoms with van der Waals surface area (Å²) < 4.78 is 14.0. The molecule has 9 heteroatoms. The Morgan fingerprint density at radius 2 is 1.84 bits per heavy atom. The van der Waals surface area contributed by atoms with Gasteiger partial charge in [-0.05, 0) is 70.5 Å². The van der Waals surface area contributed by atoms with E-state index in [1.165, 1.54) is 0 Å². The van der Waals surface area contributed by atoms with E-state index in [0.717, 1.165) is 11.1 Å². The summed E-state index contributed by atoms with van der Waals surface area (Å²) in [6.07, 6.45) is 0. The number of fused-ring (bicyclic) bond motifs is 1. The van der Waals surface area contributed by atoms with Gasteiger partial charge in [0.05, 0.1) is 11.6 Å². The van der Waals surface area contributed by atoms with Crippen LogP contribution in [-0.2, 0) is 0 Å². The SMILES string of the molecule is COc1ccc(C(=O)SNC(=O)Nc2ccc(-c3nc4ccccc4o3)cc2)cc1Br. The van der Waals surface area contributed by atoms with Gasteiger partial charge in [-0.15, -0.1) is 0 Å². The fourth-order valence-electron chi connectivity index (χ4n) is 2.79. The number of oxazole rings is 1. The number of para-hydroxylation sites is 2. The maximum atomic E-state index is 12.3. The molecule has 0 spiro atoms. The molecular weight excluding hydrogens is 482 g/mol. The Morgan fingerprint density at radius 3 is 2.55 bits per heavy atom. The third-order valence-electron chi connectivity index (χ3n) is 4.31. The highest BCUT2D eigenvalue weighted by atomic mass is 79.9.